The molecular weight excluding hydrogens is 252 g/mol. The summed E-state index contributed by atoms with van der Waals surface area (Å²) in [5.74, 6) is 1.68. The van der Waals surface area contributed by atoms with Gasteiger partial charge in [-0.3, -0.25) is 4.40 Å². The first-order valence-corrected chi connectivity index (χ1v) is 6.55. The molecule has 0 aliphatic heterocycles. The van der Waals surface area contributed by atoms with Gasteiger partial charge in [-0.05, 0) is 32.0 Å². The van der Waals surface area contributed by atoms with Crippen LogP contribution in [0.25, 0.3) is 5.65 Å². The lowest BCUT2D eigenvalue weighted by Crippen LogP contribution is -2.21. The highest BCUT2D eigenvalue weighted by Crippen LogP contribution is 2.12. The number of hydrogen-bond donors (Lipinski definition) is 1. The van der Waals surface area contributed by atoms with Crippen molar-refractivity contribution in [1.82, 2.24) is 29.9 Å². The molecule has 0 aliphatic rings. The summed E-state index contributed by atoms with van der Waals surface area (Å²) in [7, 11) is 0. The van der Waals surface area contributed by atoms with Gasteiger partial charge in [-0.1, -0.05) is 6.07 Å². The van der Waals surface area contributed by atoms with Crippen LogP contribution in [-0.2, 0) is 6.54 Å². The molecule has 102 valence electrons. The van der Waals surface area contributed by atoms with Gasteiger partial charge >= 0.3 is 0 Å². The molecule has 1 atom stereocenters. The van der Waals surface area contributed by atoms with Crippen LogP contribution in [0.3, 0.4) is 0 Å². The highest BCUT2D eigenvalue weighted by atomic mass is 15.3. The van der Waals surface area contributed by atoms with Crippen LogP contribution in [0.1, 0.15) is 30.3 Å². The second kappa shape index (κ2) is 5.34. The third kappa shape index (κ3) is 2.50. The summed E-state index contributed by atoms with van der Waals surface area (Å²) in [6, 6.07) is 7.87. The Hall–Kier alpha value is -2.34. The Labute approximate surface area is 116 Å². The molecule has 0 saturated carbocycles. The average molecular weight is 268 g/mol. The molecule has 3 rings (SSSR count). The molecule has 0 fully saturated rings. The van der Waals surface area contributed by atoms with E-state index in [1.165, 1.54) is 0 Å². The zero-order chi connectivity index (χ0) is 13.9. The number of aryl methyl sites for hydroxylation is 1. The molecule has 20 heavy (non-hydrogen) atoms. The fourth-order valence-corrected chi connectivity index (χ4v) is 2.11. The zero-order valence-corrected chi connectivity index (χ0v) is 11.5. The van der Waals surface area contributed by atoms with Crippen molar-refractivity contribution in [2.24, 2.45) is 0 Å². The van der Waals surface area contributed by atoms with Gasteiger partial charge in [-0.25, -0.2) is 9.97 Å². The molecule has 3 heterocycles. The van der Waals surface area contributed by atoms with E-state index in [2.05, 4.69) is 32.4 Å². The number of hydrogen-bond acceptors (Lipinski definition) is 5. The van der Waals surface area contributed by atoms with Crippen LogP contribution in [0.15, 0.2) is 36.7 Å². The van der Waals surface area contributed by atoms with Gasteiger partial charge in [0.2, 0.25) is 0 Å². The van der Waals surface area contributed by atoms with Crippen molar-refractivity contribution < 1.29 is 0 Å². The van der Waals surface area contributed by atoms with E-state index in [4.69, 9.17) is 0 Å². The molecule has 0 saturated heterocycles. The molecule has 0 aromatic carbocycles. The predicted molar refractivity (Wildman–Crippen MR) is 75.0 cm³/mol. The number of nitrogens with zero attached hydrogens (tertiary/aromatic N) is 5. The maximum atomic E-state index is 4.37. The zero-order valence-electron chi connectivity index (χ0n) is 11.5. The summed E-state index contributed by atoms with van der Waals surface area (Å²) >= 11 is 0. The van der Waals surface area contributed by atoms with Crippen molar-refractivity contribution in [1.29, 1.82) is 0 Å². The van der Waals surface area contributed by atoms with Crippen LogP contribution in [0, 0.1) is 6.92 Å². The third-order valence-corrected chi connectivity index (χ3v) is 3.15. The lowest BCUT2D eigenvalue weighted by atomic mass is 10.3. The normalized spacial score (nSPS) is 12.7. The number of fused-ring (bicyclic) bond motifs is 1. The molecule has 1 unspecified atom stereocenters. The SMILES string of the molecule is Cc1nccc(CNC(C)c2nnc3ccccn23)n1. The third-order valence-electron chi connectivity index (χ3n) is 3.15. The van der Waals surface area contributed by atoms with Crippen molar-refractivity contribution in [3.05, 3.63) is 54.0 Å². The monoisotopic (exact) mass is 268 g/mol. The standard InChI is InChI=1S/C14H16N6/c1-10(16-9-12-6-7-15-11(2)17-12)14-19-18-13-5-3-4-8-20(13)14/h3-8,10,16H,9H2,1-2H3. The molecule has 0 aliphatic carbocycles. The minimum Gasteiger partial charge on any atom is -0.302 e. The van der Waals surface area contributed by atoms with E-state index in [1.54, 1.807) is 6.20 Å². The van der Waals surface area contributed by atoms with Gasteiger partial charge in [0.1, 0.15) is 5.82 Å². The summed E-state index contributed by atoms with van der Waals surface area (Å²) in [6.45, 7) is 4.63. The fraction of sp³-hybridized carbons (Fsp3) is 0.286. The van der Waals surface area contributed by atoms with Gasteiger partial charge in [0.25, 0.3) is 0 Å². The van der Waals surface area contributed by atoms with E-state index in [9.17, 15) is 0 Å². The Kier molecular flexibility index (Phi) is 3.39. The Bertz CT molecular complexity index is 720. The smallest absolute Gasteiger partial charge is 0.160 e. The predicted octanol–water partition coefficient (Wildman–Crippen LogP) is 1.68. The number of pyridine rings is 1. The van der Waals surface area contributed by atoms with Gasteiger partial charge < -0.3 is 5.32 Å². The van der Waals surface area contributed by atoms with Crippen LogP contribution >= 0.6 is 0 Å². The highest BCUT2D eigenvalue weighted by molar-refractivity contribution is 5.37. The first kappa shape index (κ1) is 12.7. The van der Waals surface area contributed by atoms with E-state index in [1.807, 2.05) is 41.8 Å². The fourth-order valence-electron chi connectivity index (χ4n) is 2.11. The average Bonchev–Trinajstić information content (AvgIpc) is 2.89. The van der Waals surface area contributed by atoms with Crippen molar-refractivity contribution >= 4 is 5.65 Å². The lowest BCUT2D eigenvalue weighted by molar-refractivity contribution is 0.535. The summed E-state index contributed by atoms with van der Waals surface area (Å²) in [4.78, 5) is 8.46. The van der Waals surface area contributed by atoms with E-state index in [-0.39, 0.29) is 6.04 Å². The van der Waals surface area contributed by atoms with E-state index < -0.39 is 0 Å². The molecule has 6 heteroatoms. The van der Waals surface area contributed by atoms with Crippen LogP contribution in [0.5, 0.6) is 0 Å². The molecule has 0 radical (unpaired) electrons. The summed E-state index contributed by atoms with van der Waals surface area (Å²) < 4.78 is 1.99. The van der Waals surface area contributed by atoms with Crippen molar-refractivity contribution in [2.75, 3.05) is 0 Å². The lowest BCUT2D eigenvalue weighted by Gasteiger charge is -2.11. The molecular formula is C14H16N6. The Balaban J connectivity index is 1.75. The maximum Gasteiger partial charge on any atom is 0.160 e. The van der Waals surface area contributed by atoms with E-state index >= 15 is 0 Å². The van der Waals surface area contributed by atoms with Crippen LogP contribution in [0.2, 0.25) is 0 Å². The summed E-state index contributed by atoms with van der Waals surface area (Å²) in [5.41, 5.74) is 1.83. The first-order chi connectivity index (χ1) is 9.74. The largest absolute Gasteiger partial charge is 0.302 e. The van der Waals surface area contributed by atoms with Gasteiger partial charge in [-0.15, -0.1) is 10.2 Å². The summed E-state index contributed by atoms with van der Waals surface area (Å²) in [5, 5.41) is 11.8. The summed E-state index contributed by atoms with van der Waals surface area (Å²) in [6.07, 6.45) is 3.74. The van der Waals surface area contributed by atoms with Gasteiger partial charge in [0, 0.05) is 18.9 Å². The first-order valence-electron chi connectivity index (χ1n) is 6.55. The quantitative estimate of drug-likeness (QED) is 0.779. The van der Waals surface area contributed by atoms with Crippen LogP contribution in [-0.4, -0.2) is 24.6 Å². The topological polar surface area (TPSA) is 68.0 Å². The van der Waals surface area contributed by atoms with Gasteiger partial charge in [0.05, 0.1) is 11.7 Å². The second-order valence-corrected chi connectivity index (χ2v) is 4.68. The van der Waals surface area contributed by atoms with E-state index in [0.717, 1.165) is 23.0 Å². The maximum absolute atomic E-state index is 4.37. The molecule has 3 aromatic heterocycles. The molecule has 1 N–H and O–H groups in total. The van der Waals surface area contributed by atoms with Gasteiger partial charge in [-0.2, -0.15) is 0 Å². The minimum atomic E-state index is 0.0858. The Morgan fingerprint density at radius 3 is 3.00 bits per heavy atom. The highest BCUT2D eigenvalue weighted by Gasteiger charge is 2.12. The molecule has 6 nitrogen and oxygen atoms in total. The van der Waals surface area contributed by atoms with E-state index in [0.29, 0.717) is 6.54 Å². The molecule has 0 bridgehead atoms. The second-order valence-electron chi connectivity index (χ2n) is 4.68. The number of nitrogens with one attached hydrogen (secondary N) is 1. The molecule has 0 amide bonds. The molecule has 0 spiro atoms. The Morgan fingerprint density at radius 1 is 1.25 bits per heavy atom. The number of aromatic nitrogens is 5. The van der Waals surface area contributed by atoms with Crippen molar-refractivity contribution in [3.63, 3.8) is 0 Å². The van der Waals surface area contributed by atoms with Crippen LogP contribution in [0.4, 0.5) is 0 Å². The van der Waals surface area contributed by atoms with Crippen molar-refractivity contribution in [2.45, 2.75) is 26.4 Å². The van der Waals surface area contributed by atoms with Crippen LogP contribution < -0.4 is 5.32 Å². The van der Waals surface area contributed by atoms with Crippen molar-refractivity contribution in [3.8, 4) is 0 Å². The molecule has 3 aromatic rings. The van der Waals surface area contributed by atoms with Gasteiger partial charge in [0.15, 0.2) is 11.5 Å². The minimum absolute atomic E-state index is 0.0858. The Morgan fingerprint density at radius 2 is 2.15 bits per heavy atom. The number of rotatable bonds is 4.